The van der Waals surface area contributed by atoms with Crippen LogP contribution in [0.25, 0.3) is 0 Å². The summed E-state index contributed by atoms with van der Waals surface area (Å²) in [6.07, 6.45) is 3.01. The summed E-state index contributed by atoms with van der Waals surface area (Å²) in [5.74, 6) is 0.525. The topological polar surface area (TPSA) is 52.6 Å². The van der Waals surface area contributed by atoms with E-state index in [1.54, 1.807) is 31.2 Å². The van der Waals surface area contributed by atoms with Crippen LogP contribution in [0, 0.1) is 17.3 Å². The van der Waals surface area contributed by atoms with E-state index in [1.165, 1.54) is 0 Å². The molecule has 1 aromatic carbocycles. The van der Waals surface area contributed by atoms with Gasteiger partial charge in [-0.3, -0.25) is 4.79 Å². The van der Waals surface area contributed by atoms with Gasteiger partial charge in [-0.1, -0.05) is 27.2 Å². The summed E-state index contributed by atoms with van der Waals surface area (Å²) >= 11 is 0. The van der Waals surface area contributed by atoms with Crippen LogP contribution in [0.5, 0.6) is 5.75 Å². The average Bonchev–Trinajstić information content (AvgIpc) is 2.91. The van der Waals surface area contributed by atoms with Gasteiger partial charge in [-0.15, -0.1) is 0 Å². The Morgan fingerprint density at radius 2 is 1.91 bits per heavy atom. The first-order valence-corrected chi connectivity index (χ1v) is 8.41. The highest BCUT2D eigenvalue weighted by atomic mass is 16.5. The van der Waals surface area contributed by atoms with Gasteiger partial charge in [-0.2, -0.15) is 0 Å². The normalized spacial score (nSPS) is 23.8. The highest BCUT2D eigenvalue weighted by Crippen LogP contribution is 2.49. The Kier molecular flexibility index (Phi) is 5.45. The molecule has 4 nitrogen and oxygen atoms in total. The van der Waals surface area contributed by atoms with Crippen molar-refractivity contribution in [2.75, 3.05) is 6.61 Å². The van der Waals surface area contributed by atoms with Gasteiger partial charge < -0.3 is 9.47 Å². The second-order valence-corrected chi connectivity index (χ2v) is 6.62. The van der Waals surface area contributed by atoms with Gasteiger partial charge in [-0.25, -0.2) is 4.79 Å². The van der Waals surface area contributed by atoms with Crippen LogP contribution in [0.1, 0.15) is 57.3 Å². The number of ether oxygens (including phenoxy) is 2. The van der Waals surface area contributed by atoms with Crippen LogP contribution in [0.15, 0.2) is 24.3 Å². The van der Waals surface area contributed by atoms with E-state index in [0.29, 0.717) is 23.8 Å². The third kappa shape index (κ3) is 3.41. The van der Waals surface area contributed by atoms with Crippen LogP contribution >= 0.6 is 0 Å². The molecule has 4 heteroatoms. The molecule has 1 aliphatic rings. The second-order valence-electron chi connectivity index (χ2n) is 6.62. The Balaban J connectivity index is 2.12. The maximum atomic E-state index is 12.8. The van der Waals surface area contributed by atoms with Gasteiger partial charge in [0.1, 0.15) is 5.75 Å². The third-order valence-corrected chi connectivity index (χ3v) is 5.09. The summed E-state index contributed by atoms with van der Waals surface area (Å²) in [5.41, 5.74) is 0.0549. The molecular weight excluding hydrogens is 292 g/mol. The fourth-order valence-electron chi connectivity index (χ4n) is 3.68. The van der Waals surface area contributed by atoms with Gasteiger partial charge in [0.2, 0.25) is 0 Å². The summed E-state index contributed by atoms with van der Waals surface area (Å²) in [5, 5.41) is 0. The van der Waals surface area contributed by atoms with Gasteiger partial charge in [0.15, 0.2) is 0 Å². The van der Waals surface area contributed by atoms with Crippen LogP contribution in [-0.2, 0) is 9.53 Å². The fraction of sp³-hybridized carbons (Fsp3) is 0.579. The van der Waals surface area contributed by atoms with E-state index in [9.17, 15) is 9.59 Å². The second kappa shape index (κ2) is 7.16. The van der Waals surface area contributed by atoms with Crippen molar-refractivity contribution < 1.29 is 19.1 Å². The average molecular weight is 318 g/mol. The minimum Gasteiger partial charge on any atom is -0.462 e. The largest absolute Gasteiger partial charge is 0.462 e. The van der Waals surface area contributed by atoms with Crippen LogP contribution in [0.4, 0.5) is 0 Å². The molecule has 1 aromatic rings. The minimum atomic E-state index is -0.403. The van der Waals surface area contributed by atoms with E-state index < -0.39 is 5.41 Å². The zero-order valence-corrected chi connectivity index (χ0v) is 14.4. The van der Waals surface area contributed by atoms with Gasteiger partial charge in [-0.05, 0) is 55.9 Å². The molecule has 0 radical (unpaired) electrons. The highest BCUT2D eigenvalue weighted by molar-refractivity contribution is 5.89. The lowest BCUT2D eigenvalue weighted by atomic mass is 9.70. The maximum absolute atomic E-state index is 12.8. The number of hydrogen-bond donors (Lipinski definition) is 0. The number of esters is 2. The summed E-state index contributed by atoms with van der Waals surface area (Å²) < 4.78 is 10.6. The smallest absolute Gasteiger partial charge is 0.338 e. The number of hydrogen-bond acceptors (Lipinski definition) is 4. The molecule has 0 N–H and O–H groups in total. The summed E-state index contributed by atoms with van der Waals surface area (Å²) in [6.45, 7) is 8.42. The van der Waals surface area contributed by atoms with Crippen molar-refractivity contribution in [1.29, 1.82) is 0 Å². The molecule has 0 bridgehead atoms. The summed E-state index contributed by atoms with van der Waals surface area (Å²) in [4.78, 5) is 24.4. The fourth-order valence-corrected chi connectivity index (χ4v) is 3.68. The van der Waals surface area contributed by atoms with Crippen molar-refractivity contribution in [3.05, 3.63) is 29.8 Å². The molecular formula is C19H26O4. The van der Waals surface area contributed by atoms with Crippen molar-refractivity contribution in [2.24, 2.45) is 17.3 Å². The number of carbonyl (C=O) groups excluding carboxylic acids is 2. The first-order valence-electron chi connectivity index (χ1n) is 8.41. The molecule has 126 valence electrons. The number of carbonyl (C=O) groups is 2. The lowest BCUT2D eigenvalue weighted by molar-refractivity contribution is -0.151. The van der Waals surface area contributed by atoms with Crippen molar-refractivity contribution in [3.63, 3.8) is 0 Å². The Hall–Kier alpha value is -1.84. The van der Waals surface area contributed by atoms with E-state index in [-0.39, 0.29) is 17.9 Å². The molecule has 1 saturated carbocycles. The maximum Gasteiger partial charge on any atom is 0.338 e. The molecule has 1 fully saturated rings. The Morgan fingerprint density at radius 1 is 1.26 bits per heavy atom. The quantitative estimate of drug-likeness (QED) is 0.602. The molecule has 0 aromatic heterocycles. The van der Waals surface area contributed by atoms with Crippen LogP contribution in [0.2, 0.25) is 0 Å². The predicted octanol–water partition coefficient (Wildman–Crippen LogP) is 4.23. The molecule has 0 heterocycles. The predicted molar refractivity (Wildman–Crippen MR) is 88.3 cm³/mol. The van der Waals surface area contributed by atoms with E-state index in [4.69, 9.17) is 9.47 Å². The molecule has 0 amide bonds. The molecule has 2 rings (SSSR count). The summed E-state index contributed by atoms with van der Waals surface area (Å²) in [6, 6.07) is 6.55. The van der Waals surface area contributed by atoms with E-state index in [0.717, 1.165) is 19.3 Å². The Morgan fingerprint density at radius 3 is 2.39 bits per heavy atom. The van der Waals surface area contributed by atoms with Gasteiger partial charge in [0.25, 0.3) is 0 Å². The molecule has 2 unspecified atom stereocenters. The zero-order valence-electron chi connectivity index (χ0n) is 14.4. The SMILES string of the molecule is CCOC(=O)c1ccc(OC(=O)C2(C(C)C)CCCC2C)cc1. The molecule has 0 saturated heterocycles. The first-order chi connectivity index (χ1) is 10.9. The summed E-state index contributed by atoms with van der Waals surface area (Å²) in [7, 11) is 0. The molecule has 23 heavy (non-hydrogen) atoms. The molecule has 0 aliphatic heterocycles. The van der Waals surface area contributed by atoms with Crippen LogP contribution in [-0.4, -0.2) is 18.5 Å². The van der Waals surface area contributed by atoms with Gasteiger partial charge in [0.05, 0.1) is 17.6 Å². The van der Waals surface area contributed by atoms with E-state index >= 15 is 0 Å². The Labute approximate surface area is 138 Å². The van der Waals surface area contributed by atoms with E-state index in [2.05, 4.69) is 20.8 Å². The van der Waals surface area contributed by atoms with Crippen molar-refractivity contribution in [2.45, 2.75) is 47.0 Å². The molecule has 1 aliphatic carbocycles. The first kappa shape index (κ1) is 17.5. The standard InChI is InChI=1S/C19H26O4/c1-5-22-17(20)15-8-10-16(11-9-15)23-18(21)19(13(2)3)12-6-7-14(19)4/h8-11,13-14H,5-7,12H2,1-4H3. The third-order valence-electron chi connectivity index (χ3n) is 5.09. The van der Waals surface area contributed by atoms with Crippen molar-refractivity contribution in [1.82, 2.24) is 0 Å². The van der Waals surface area contributed by atoms with Crippen LogP contribution in [0.3, 0.4) is 0 Å². The number of benzene rings is 1. The lowest BCUT2D eigenvalue weighted by Crippen LogP contribution is -2.41. The number of rotatable bonds is 5. The van der Waals surface area contributed by atoms with E-state index in [1.807, 2.05) is 0 Å². The highest BCUT2D eigenvalue weighted by Gasteiger charge is 2.50. The van der Waals surface area contributed by atoms with Gasteiger partial charge in [0, 0.05) is 0 Å². The minimum absolute atomic E-state index is 0.151. The lowest BCUT2D eigenvalue weighted by Gasteiger charge is -2.35. The molecule has 0 spiro atoms. The van der Waals surface area contributed by atoms with Crippen molar-refractivity contribution >= 4 is 11.9 Å². The van der Waals surface area contributed by atoms with Crippen LogP contribution < -0.4 is 4.74 Å². The zero-order chi connectivity index (χ0) is 17.0. The molecule has 2 atom stereocenters. The monoisotopic (exact) mass is 318 g/mol. The Bertz CT molecular complexity index is 561. The van der Waals surface area contributed by atoms with Gasteiger partial charge >= 0.3 is 11.9 Å². The van der Waals surface area contributed by atoms with Crippen molar-refractivity contribution in [3.8, 4) is 5.75 Å².